The Morgan fingerprint density at radius 1 is 1.23 bits per heavy atom. The van der Waals surface area contributed by atoms with Crippen molar-refractivity contribution in [3.63, 3.8) is 0 Å². The fourth-order valence-electron chi connectivity index (χ4n) is 2.97. The van der Waals surface area contributed by atoms with Crippen molar-refractivity contribution in [2.45, 2.75) is 26.3 Å². The fourth-order valence-corrected chi connectivity index (χ4v) is 2.97. The Morgan fingerprint density at radius 2 is 1.96 bits per heavy atom. The van der Waals surface area contributed by atoms with Gasteiger partial charge in [0, 0.05) is 39.0 Å². The van der Waals surface area contributed by atoms with Gasteiger partial charge in [0.15, 0.2) is 5.82 Å². The Kier molecular flexibility index (Phi) is 5.88. The van der Waals surface area contributed by atoms with E-state index in [9.17, 15) is 0 Å². The smallest absolute Gasteiger partial charge is 0.229 e. The number of methoxy groups -OCH3 is 1. The van der Waals surface area contributed by atoms with E-state index < -0.39 is 0 Å². The number of nitrogens with one attached hydrogen (secondary N) is 1. The molecule has 1 aromatic heterocycles. The first kappa shape index (κ1) is 18.0. The first-order chi connectivity index (χ1) is 12.7. The Hall–Kier alpha value is -2.83. The molecular weight excluding hydrogens is 328 g/mol. The lowest BCUT2D eigenvalue weighted by molar-refractivity contribution is 0.414. The molecule has 2 aromatic rings. The molecule has 0 saturated carbocycles. The summed E-state index contributed by atoms with van der Waals surface area (Å²) in [5.41, 5.74) is 1.16. The van der Waals surface area contributed by atoms with Gasteiger partial charge in [-0.3, -0.25) is 0 Å². The maximum Gasteiger partial charge on any atom is 0.229 e. The number of aromatic nitrogens is 2. The van der Waals surface area contributed by atoms with Crippen LogP contribution < -0.4 is 20.0 Å². The fraction of sp³-hybridized carbons (Fsp3) is 0.421. The molecular formula is C19H26N6O. The van der Waals surface area contributed by atoms with E-state index in [1.807, 2.05) is 37.3 Å². The normalized spacial score (nSPS) is 13.5. The van der Waals surface area contributed by atoms with Gasteiger partial charge in [0.2, 0.25) is 5.95 Å². The van der Waals surface area contributed by atoms with Gasteiger partial charge in [0.25, 0.3) is 0 Å². The first-order valence-electron chi connectivity index (χ1n) is 8.98. The molecule has 1 N–H and O–H groups in total. The zero-order chi connectivity index (χ0) is 18.4. The average molecular weight is 354 g/mol. The van der Waals surface area contributed by atoms with Crippen molar-refractivity contribution in [3.8, 4) is 5.75 Å². The third-order valence-electron chi connectivity index (χ3n) is 4.46. The predicted octanol–water partition coefficient (Wildman–Crippen LogP) is 3.14. The average Bonchev–Trinajstić information content (AvgIpc) is 3.22. The molecule has 0 atom stereocenters. The van der Waals surface area contributed by atoms with Gasteiger partial charge in [0.05, 0.1) is 7.11 Å². The molecule has 7 nitrogen and oxygen atoms in total. The number of ether oxygens (including phenoxy) is 1. The van der Waals surface area contributed by atoms with Crippen molar-refractivity contribution >= 4 is 24.3 Å². The van der Waals surface area contributed by atoms with Gasteiger partial charge in [-0.2, -0.15) is 15.1 Å². The van der Waals surface area contributed by atoms with Crippen LogP contribution in [0.5, 0.6) is 5.75 Å². The molecule has 0 unspecified atom stereocenters. The molecule has 0 bridgehead atoms. The number of rotatable bonds is 8. The largest absolute Gasteiger partial charge is 0.497 e. The van der Waals surface area contributed by atoms with Crippen LogP contribution in [0.1, 0.15) is 25.3 Å². The van der Waals surface area contributed by atoms with Crippen molar-refractivity contribution in [1.82, 2.24) is 9.97 Å². The van der Waals surface area contributed by atoms with E-state index in [2.05, 4.69) is 27.0 Å². The van der Waals surface area contributed by atoms with Gasteiger partial charge in [-0.1, -0.05) is 12.1 Å². The molecule has 0 amide bonds. The molecule has 1 aliphatic rings. The van der Waals surface area contributed by atoms with Crippen molar-refractivity contribution in [1.29, 1.82) is 0 Å². The van der Waals surface area contributed by atoms with Crippen LogP contribution in [0.4, 0.5) is 17.6 Å². The van der Waals surface area contributed by atoms with Crippen LogP contribution in [0.15, 0.2) is 35.4 Å². The van der Waals surface area contributed by atoms with Crippen LogP contribution in [0.3, 0.4) is 0 Å². The van der Waals surface area contributed by atoms with Gasteiger partial charge >= 0.3 is 0 Å². The number of hydrazone groups is 1. The van der Waals surface area contributed by atoms with Crippen molar-refractivity contribution in [3.05, 3.63) is 35.9 Å². The molecule has 0 aliphatic carbocycles. The summed E-state index contributed by atoms with van der Waals surface area (Å²) in [6.07, 6.45) is 2.36. The second-order valence-electron chi connectivity index (χ2n) is 6.16. The van der Waals surface area contributed by atoms with Crippen LogP contribution in [0.2, 0.25) is 0 Å². The Labute approximate surface area is 154 Å². The summed E-state index contributed by atoms with van der Waals surface area (Å²) in [7, 11) is 1.67. The number of benzene rings is 1. The van der Waals surface area contributed by atoms with Gasteiger partial charge in [-0.15, -0.1) is 0 Å². The molecule has 2 heterocycles. The Morgan fingerprint density at radius 3 is 2.58 bits per heavy atom. The third-order valence-corrected chi connectivity index (χ3v) is 4.46. The first-order valence-corrected chi connectivity index (χ1v) is 8.98. The summed E-state index contributed by atoms with van der Waals surface area (Å²) >= 11 is 0. The lowest BCUT2D eigenvalue weighted by Crippen LogP contribution is -2.23. The minimum absolute atomic E-state index is 0.674. The summed E-state index contributed by atoms with van der Waals surface area (Å²) < 4.78 is 5.20. The van der Waals surface area contributed by atoms with E-state index >= 15 is 0 Å². The predicted molar refractivity (Wildman–Crippen MR) is 106 cm³/mol. The monoisotopic (exact) mass is 354 g/mol. The molecule has 1 aliphatic heterocycles. The van der Waals surface area contributed by atoms with Crippen LogP contribution in [-0.2, 0) is 6.54 Å². The van der Waals surface area contributed by atoms with Gasteiger partial charge in [-0.05, 0) is 37.5 Å². The lowest BCUT2D eigenvalue weighted by Gasteiger charge is -2.21. The van der Waals surface area contributed by atoms with Gasteiger partial charge in [-0.25, -0.2) is 5.01 Å². The molecule has 7 heteroatoms. The minimum atomic E-state index is 0.674. The standard InChI is InChI=1S/C19H26N6O/c1-4-25(20-2)18-13-17(22-19(23-18)24-11-5-6-12-24)21-14-15-7-9-16(26-3)10-8-15/h7-10,13H,2,4-6,11-12,14H2,1,3H3,(H,21,22,23). The summed E-state index contributed by atoms with van der Waals surface area (Å²) in [5.74, 6) is 3.15. The molecule has 138 valence electrons. The van der Waals surface area contributed by atoms with Crippen molar-refractivity contribution in [2.75, 3.05) is 42.0 Å². The van der Waals surface area contributed by atoms with Crippen LogP contribution in [0.25, 0.3) is 0 Å². The third kappa shape index (κ3) is 4.22. The summed E-state index contributed by atoms with van der Waals surface area (Å²) in [6, 6.07) is 9.91. The quantitative estimate of drug-likeness (QED) is 0.580. The van der Waals surface area contributed by atoms with E-state index in [-0.39, 0.29) is 0 Å². The lowest BCUT2D eigenvalue weighted by atomic mass is 10.2. The van der Waals surface area contributed by atoms with E-state index in [4.69, 9.17) is 9.72 Å². The molecule has 1 saturated heterocycles. The molecule has 1 fully saturated rings. The van der Waals surface area contributed by atoms with Crippen LogP contribution in [-0.4, -0.2) is 43.4 Å². The Bertz CT molecular complexity index is 727. The van der Waals surface area contributed by atoms with Crippen LogP contribution >= 0.6 is 0 Å². The molecule has 0 spiro atoms. The highest BCUT2D eigenvalue weighted by atomic mass is 16.5. The number of hydrogen-bond donors (Lipinski definition) is 1. The highest BCUT2D eigenvalue weighted by molar-refractivity contribution is 5.55. The van der Waals surface area contributed by atoms with E-state index in [1.165, 1.54) is 12.8 Å². The highest BCUT2D eigenvalue weighted by Gasteiger charge is 2.18. The zero-order valence-electron chi connectivity index (χ0n) is 15.5. The maximum absolute atomic E-state index is 5.20. The molecule has 0 radical (unpaired) electrons. The topological polar surface area (TPSA) is 65.9 Å². The summed E-state index contributed by atoms with van der Waals surface area (Å²) in [4.78, 5) is 11.6. The van der Waals surface area contributed by atoms with Crippen molar-refractivity contribution in [2.24, 2.45) is 5.10 Å². The maximum atomic E-state index is 5.20. The second kappa shape index (κ2) is 8.51. The minimum Gasteiger partial charge on any atom is -0.497 e. The van der Waals surface area contributed by atoms with E-state index in [0.717, 1.165) is 42.0 Å². The van der Waals surface area contributed by atoms with Crippen LogP contribution in [0, 0.1) is 0 Å². The number of nitrogens with zero attached hydrogens (tertiary/aromatic N) is 5. The molecule has 26 heavy (non-hydrogen) atoms. The Balaban J connectivity index is 1.80. The van der Waals surface area contributed by atoms with Gasteiger partial charge in [0.1, 0.15) is 11.6 Å². The van der Waals surface area contributed by atoms with Gasteiger partial charge < -0.3 is 15.0 Å². The molecule has 3 rings (SSSR count). The van der Waals surface area contributed by atoms with Crippen molar-refractivity contribution < 1.29 is 4.74 Å². The second-order valence-corrected chi connectivity index (χ2v) is 6.16. The SMILES string of the molecule is C=NN(CC)c1cc(NCc2ccc(OC)cc2)nc(N2CCCC2)n1. The highest BCUT2D eigenvalue weighted by Crippen LogP contribution is 2.24. The molecule has 1 aromatic carbocycles. The number of anilines is 3. The number of hydrogen-bond acceptors (Lipinski definition) is 7. The summed E-state index contributed by atoms with van der Waals surface area (Å²) in [5, 5.41) is 9.23. The summed E-state index contributed by atoms with van der Waals surface area (Å²) in [6.45, 7) is 9.04. The van der Waals surface area contributed by atoms with E-state index in [1.54, 1.807) is 12.1 Å². The zero-order valence-corrected chi connectivity index (χ0v) is 15.5. The van der Waals surface area contributed by atoms with E-state index in [0.29, 0.717) is 13.1 Å².